The molecule has 1 rings (SSSR count). The second-order valence-electron chi connectivity index (χ2n) is 5.67. The summed E-state index contributed by atoms with van der Waals surface area (Å²) in [6, 6.07) is 0. The van der Waals surface area contributed by atoms with Crippen LogP contribution in [0.4, 0.5) is 0 Å². The number of hydrogen-bond acceptors (Lipinski definition) is 1. The van der Waals surface area contributed by atoms with Crippen LogP contribution in [0.2, 0.25) is 0 Å². The van der Waals surface area contributed by atoms with Crippen LogP contribution in [0, 0.1) is 17.8 Å². The van der Waals surface area contributed by atoms with Gasteiger partial charge >= 0.3 is 5.97 Å². The minimum atomic E-state index is -0.560. The van der Waals surface area contributed by atoms with Crippen molar-refractivity contribution in [3.8, 4) is 0 Å². The highest BCUT2D eigenvalue weighted by Gasteiger charge is 2.28. The lowest BCUT2D eigenvalue weighted by Crippen LogP contribution is -2.25. The van der Waals surface area contributed by atoms with E-state index in [1.807, 2.05) is 0 Å². The van der Waals surface area contributed by atoms with Gasteiger partial charge in [-0.3, -0.25) is 4.79 Å². The molecule has 0 heterocycles. The normalized spacial score (nSPS) is 19.9. The van der Waals surface area contributed by atoms with Crippen LogP contribution < -0.4 is 0 Å². The highest BCUT2D eigenvalue weighted by molar-refractivity contribution is 5.70. The van der Waals surface area contributed by atoms with Crippen molar-refractivity contribution in [3.05, 3.63) is 0 Å². The van der Waals surface area contributed by atoms with Crippen molar-refractivity contribution in [1.29, 1.82) is 0 Å². The van der Waals surface area contributed by atoms with Gasteiger partial charge in [0, 0.05) is 0 Å². The standard InChI is InChI=1S/C14H26O2/c1-11(2)7-6-10-13(14(15)16)12-8-4-3-5-9-12/h11-13H,3-10H2,1-2H3,(H,15,16)/t13-/m0/s1. The van der Waals surface area contributed by atoms with Gasteiger partial charge in [0.1, 0.15) is 0 Å². The van der Waals surface area contributed by atoms with Gasteiger partial charge in [0.25, 0.3) is 0 Å². The maximum absolute atomic E-state index is 11.3. The lowest BCUT2D eigenvalue weighted by Gasteiger charge is -2.27. The summed E-state index contributed by atoms with van der Waals surface area (Å²) in [4.78, 5) is 11.3. The quantitative estimate of drug-likeness (QED) is 0.740. The molecule has 0 saturated heterocycles. The van der Waals surface area contributed by atoms with E-state index >= 15 is 0 Å². The summed E-state index contributed by atoms with van der Waals surface area (Å²) in [6.45, 7) is 4.41. The molecule has 0 bridgehead atoms. The first-order valence-electron chi connectivity index (χ1n) is 6.84. The third-order valence-electron chi connectivity index (χ3n) is 3.83. The van der Waals surface area contributed by atoms with E-state index in [0.29, 0.717) is 11.8 Å². The summed E-state index contributed by atoms with van der Waals surface area (Å²) >= 11 is 0. The Kier molecular flexibility index (Phi) is 5.86. The molecular weight excluding hydrogens is 200 g/mol. The monoisotopic (exact) mass is 226 g/mol. The minimum Gasteiger partial charge on any atom is -0.481 e. The topological polar surface area (TPSA) is 37.3 Å². The SMILES string of the molecule is CC(C)CCC[C@H](C(=O)O)C1CCCCC1. The molecule has 1 aliphatic rings. The van der Waals surface area contributed by atoms with Crippen molar-refractivity contribution in [2.75, 3.05) is 0 Å². The Morgan fingerprint density at radius 3 is 2.31 bits per heavy atom. The Morgan fingerprint density at radius 1 is 1.19 bits per heavy atom. The average molecular weight is 226 g/mol. The molecule has 1 N–H and O–H groups in total. The smallest absolute Gasteiger partial charge is 0.306 e. The lowest BCUT2D eigenvalue weighted by atomic mass is 9.77. The second-order valence-corrected chi connectivity index (χ2v) is 5.67. The van der Waals surface area contributed by atoms with Crippen molar-refractivity contribution in [3.63, 3.8) is 0 Å². The molecule has 1 saturated carbocycles. The number of carbonyl (C=O) groups is 1. The zero-order valence-electron chi connectivity index (χ0n) is 10.7. The lowest BCUT2D eigenvalue weighted by molar-refractivity contribution is -0.144. The molecule has 1 aliphatic carbocycles. The van der Waals surface area contributed by atoms with E-state index in [1.165, 1.54) is 19.3 Å². The summed E-state index contributed by atoms with van der Waals surface area (Å²) in [7, 11) is 0. The first-order valence-corrected chi connectivity index (χ1v) is 6.84. The van der Waals surface area contributed by atoms with Gasteiger partial charge in [-0.1, -0.05) is 46.0 Å². The van der Waals surface area contributed by atoms with Crippen LogP contribution in [0.25, 0.3) is 0 Å². The molecule has 2 nitrogen and oxygen atoms in total. The van der Waals surface area contributed by atoms with E-state index in [4.69, 9.17) is 0 Å². The van der Waals surface area contributed by atoms with E-state index in [0.717, 1.165) is 32.1 Å². The van der Waals surface area contributed by atoms with Gasteiger partial charge in [0.15, 0.2) is 0 Å². The maximum atomic E-state index is 11.3. The Balaban J connectivity index is 2.37. The number of rotatable bonds is 6. The van der Waals surface area contributed by atoms with Crippen LogP contribution in [0.5, 0.6) is 0 Å². The van der Waals surface area contributed by atoms with Gasteiger partial charge < -0.3 is 5.11 Å². The van der Waals surface area contributed by atoms with E-state index < -0.39 is 5.97 Å². The number of carboxylic acids is 1. The Bertz CT molecular complexity index is 205. The van der Waals surface area contributed by atoms with Crippen molar-refractivity contribution in [2.45, 2.75) is 65.2 Å². The van der Waals surface area contributed by atoms with Crippen LogP contribution in [0.15, 0.2) is 0 Å². The molecule has 1 atom stereocenters. The molecule has 16 heavy (non-hydrogen) atoms. The molecule has 0 aromatic rings. The van der Waals surface area contributed by atoms with Crippen LogP contribution >= 0.6 is 0 Å². The molecule has 0 unspecified atom stereocenters. The Morgan fingerprint density at radius 2 is 1.81 bits per heavy atom. The molecular formula is C14H26O2. The van der Waals surface area contributed by atoms with Gasteiger partial charge in [0.2, 0.25) is 0 Å². The van der Waals surface area contributed by atoms with E-state index in [-0.39, 0.29) is 5.92 Å². The fourth-order valence-corrected chi connectivity index (χ4v) is 2.84. The molecule has 2 heteroatoms. The Hall–Kier alpha value is -0.530. The van der Waals surface area contributed by atoms with E-state index in [9.17, 15) is 9.90 Å². The molecule has 0 aromatic carbocycles. The van der Waals surface area contributed by atoms with Crippen molar-refractivity contribution < 1.29 is 9.90 Å². The number of carboxylic acid groups (broad SMARTS) is 1. The van der Waals surface area contributed by atoms with Crippen LogP contribution in [0.1, 0.15) is 65.2 Å². The molecule has 1 fully saturated rings. The third kappa shape index (κ3) is 4.54. The van der Waals surface area contributed by atoms with Crippen LogP contribution in [-0.2, 0) is 4.79 Å². The van der Waals surface area contributed by atoms with Crippen LogP contribution in [0.3, 0.4) is 0 Å². The summed E-state index contributed by atoms with van der Waals surface area (Å²) in [5, 5.41) is 9.29. The van der Waals surface area contributed by atoms with E-state index in [2.05, 4.69) is 13.8 Å². The first-order chi connectivity index (χ1) is 7.61. The van der Waals surface area contributed by atoms with Crippen molar-refractivity contribution in [2.24, 2.45) is 17.8 Å². The predicted molar refractivity (Wildman–Crippen MR) is 66.4 cm³/mol. The average Bonchev–Trinajstić information content (AvgIpc) is 2.25. The zero-order chi connectivity index (χ0) is 12.0. The zero-order valence-corrected chi connectivity index (χ0v) is 10.7. The highest BCUT2D eigenvalue weighted by Crippen LogP contribution is 2.33. The summed E-state index contributed by atoms with van der Waals surface area (Å²) < 4.78 is 0. The van der Waals surface area contributed by atoms with Gasteiger partial charge in [-0.25, -0.2) is 0 Å². The van der Waals surface area contributed by atoms with Crippen molar-refractivity contribution in [1.82, 2.24) is 0 Å². The fraction of sp³-hybridized carbons (Fsp3) is 0.929. The highest BCUT2D eigenvalue weighted by atomic mass is 16.4. The first kappa shape index (κ1) is 13.5. The largest absolute Gasteiger partial charge is 0.481 e. The minimum absolute atomic E-state index is 0.0703. The predicted octanol–water partition coefficient (Wildman–Crippen LogP) is 4.09. The van der Waals surface area contributed by atoms with Crippen LogP contribution in [-0.4, -0.2) is 11.1 Å². The summed E-state index contributed by atoms with van der Waals surface area (Å²) in [6.07, 6.45) is 9.17. The second kappa shape index (κ2) is 6.93. The number of hydrogen-bond donors (Lipinski definition) is 1. The molecule has 0 aromatic heterocycles. The van der Waals surface area contributed by atoms with Crippen molar-refractivity contribution >= 4 is 5.97 Å². The summed E-state index contributed by atoms with van der Waals surface area (Å²) in [5.74, 6) is 0.522. The summed E-state index contributed by atoms with van der Waals surface area (Å²) in [5.41, 5.74) is 0. The van der Waals surface area contributed by atoms with Gasteiger partial charge in [-0.2, -0.15) is 0 Å². The van der Waals surface area contributed by atoms with Gasteiger partial charge in [-0.05, 0) is 31.1 Å². The molecule has 0 amide bonds. The molecule has 0 aliphatic heterocycles. The Labute approximate surface area is 99.4 Å². The molecule has 0 spiro atoms. The third-order valence-corrected chi connectivity index (χ3v) is 3.83. The fourth-order valence-electron chi connectivity index (χ4n) is 2.84. The van der Waals surface area contributed by atoms with Gasteiger partial charge in [0.05, 0.1) is 5.92 Å². The van der Waals surface area contributed by atoms with Gasteiger partial charge in [-0.15, -0.1) is 0 Å². The molecule has 0 radical (unpaired) electrons. The maximum Gasteiger partial charge on any atom is 0.306 e. The molecule has 94 valence electrons. The van der Waals surface area contributed by atoms with E-state index in [1.54, 1.807) is 0 Å². The number of aliphatic carboxylic acids is 1.